The Labute approximate surface area is 165 Å². The van der Waals surface area contributed by atoms with E-state index in [4.69, 9.17) is 4.74 Å². The van der Waals surface area contributed by atoms with Crippen LogP contribution in [0.2, 0.25) is 0 Å². The number of benzene rings is 1. The van der Waals surface area contributed by atoms with E-state index in [0.29, 0.717) is 17.1 Å². The third-order valence-electron chi connectivity index (χ3n) is 4.94. The number of rotatable bonds is 5. The third-order valence-corrected chi connectivity index (χ3v) is 9.00. The van der Waals surface area contributed by atoms with E-state index in [1.807, 2.05) is 0 Å². The second-order valence-electron chi connectivity index (χ2n) is 6.61. The first kappa shape index (κ1) is 20.8. The Bertz CT molecular complexity index is 1070. The van der Waals surface area contributed by atoms with E-state index in [0.717, 1.165) is 0 Å². The van der Waals surface area contributed by atoms with Crippen LogP contribution in [0.15, 0.2) is 34.1 Å². The molecule has 0 spiro atoms. The maximum atomic E-state index is 13.0. The molecule has 0 aliphatic carbocycles. The zero-order valence-corrected chi connectivity index (χ0v) is 17.9. The van der Waals surface area contributed by atoms with Gasteiger partial charge in [-0.1, -0.05) is 0 Å². The van der Waals surface area contributed by atoms with Crippen molar-refractivity contribution in [3.05, 3.63) is 35.7 Å². The van der Waals surface area contributed by atoms with Crippen LogP contribution in [-0.4, -0.2) is 68.5 Å². The molecular formula is C17H24N4O5S2. The van der Waals surface area contributed by atoms with Crippen LogP contribution in [0.4, 0.5) is 0 Å². The molecule has 0 saturated carbocycles. The minimum absolute atomic E-state index is 0.0888. The highest BCUT2D eigenvalue weighted by Gasteiger charge is 2.36. The van der Waals surface area contributed by atoms with Crippen LogP contribution in [0.3, 0.4) is 0 Å². The van der Waals surface area contributed by atoms with E-state index in [1.54, 1.807) is 33.0 Å². The SMILES string of the molecule is COc1ccc(S(=O)(=O)N2CCN(S(=O)(=O)c3c(C)nn(C)c3C)CC2)cc1. The van der Waals surface area contributed by atoms with Crippen LogP contribution in [-0.2, 0) is 27.1 Å². The second kappa shape index (κ2) is 7.47. The molecule has 11 heteroatoms. The molecule has 3 rings (SSSR count). The quantitative estimate of drug-likeness (QED) is 0.696. The smallest absolute Gasteiger partial charge is 0.246 e. The van der Waals surface area contributed by atoms with E-state index in [9.17, 15) is 16.8 Å². The monoisotopic (exact) mass is 428 g/mol. The predicted octanol–water partition coefficient (Wildman–Crippen LogP) is 0.741. The summed E-state index contributed by atoms with van der Waals surface area (Å²) in [5.41, 5.74) is 0.999. The van der Waals surface area contributed by atoms with Crippen LogP contribution < -0.4 is 4.74 Å². The Morgan fingerprint density at radius 1 is 0.893 bits per heavy atom. The molecule has 1 fully saturated rings. The largest absolute Gasteiger partial charge is 0.497 e. The first-order valence-electron chi connectivity index (χ1n) is 8.73. The number of aryl methyl sites for hydroxylation is 2. The molecule has 0 unspecified atom stereocenters. The van der Waals surface area contributed by atoms with Crippen LogP contribution >= 0.6 is 0 Å². The molecule has 2 heterocycles. The van der Waals surface area contributed by atoms with Crippen molar-refractivity contribution in [2.24, 2.45) is 7.05 Å². The molecule has 0 N–H and O–H groups in total. The van der Waals surface area contributed by atoms with Gasteiger partial charge in [0.05, 0.1) is 23.4 Å². The van der Waals surface area contributed by atoms with Crippen LogP contribution in [0.5, 0.6) is 5.75 Å². The van der Waals surface area contributed by atoms with Crippen molar-refractivity contribution in [2.45, 2.75) is 23.6 Å². The number of sulfonamides is 2. The molecule has 0 atom stereocenters. The molecule has 1 aromatic heterocycles. The molecule has 0 bridgehead atoms. The Hall–Kier alpha value is -1.95. The summed E-state index contributed by atoms with van der Waals surface area (Å²) in [7, 11) is -4.22. The number of nitrogens with zero attached hydrogens (tertiary/aromatic N) is 4. The van der Waals surface area contributed by atoms with Gasteiger partial charge in [-0.15, -0.1) is 0 Å². The Kier molecular flexibility index (Phi) is 5.54. The molecule has 1 aliphatic heterocycles. The molecule has 1 aromatic carbocycles. The maximum Gasteiger partial charge on any atom is 0.246 e. The van der Waals surface area contributed by atoms with Crippen LogP contribution in [0.25, 0.3) is 0 Å². The zero-order valence-electron chi connectivity index (χ0n) is 16.3. The van der Waals surface area contributed by atoms with Crippen LogP contribution in [0, 0.1) is 13.8 Å². The number of aromatic nitrogens is 2. The average Bonchev–Trinajstić information content (AvgIpc) is 2.94. The highest BCUT2D eigenvalue weighted by Crippen LogP contribution is 2.26. The summed E-state index contributed by atoms with van der Waals surface area (Å²) in [5, 5.41) is 4.17. The predicted molar refractivity (Wildman–Crippen MR) is 103 cm³/mol. The minimum atomic E-state index is -3.73. The summed E-state index contributed by atoms with van der Waals surface area (Å²) in [6.45, 7) is 3.72. The fourth-order valence-electron chi connectivity index (χ4n) is 3.30. The molecule has 1 aliphatic rings. The van der Waals surface area contributed by atoms with E-state index in [2.05, 4.69) is 5.10 Å². The van der Waals surface area contributed by atoms with Crippen molar-refractivity contribution >= 4 is 20.0 Å². The number of piperazine rings is 1. The molecule has 0 amide bonds. The lowest BCUT2D eigenvalue weighted by Gasteiger charge is -2.33. The molecular weight excluding hydrogens is 404 g/mol. The van der Waals surface area contributed by atoms with E-state index in [1.165, 1.54) is 32.5 Å². The normalized spacial score (nSPS) is 17.0. The first-order valence-corrected chi connectivity index (χ1v) is 11.6. The number of ether oxygens (including phenoxy) is 1. The molecule has 9 nitrogen and oxygen atoms in total. The Morgan fingerprint density at radius 3 is 1.82 bits per heavy atom. The second-order valence-corrected chi connectivity index (χ2v) is 10.4. The van der Waals surface area contributed by atoms with Gasteiger partial charge < -0.3 is 4.74 Å². The van der Waals surface area contributed by atoms with Gasteiger partial charge in [-0.25, -0.2) is 16.8 Å². The standard InChI is InChI=1S/C17H24N4O5S2/c1-13-17(14(2)19(3)18-13)28(24,25)21-11-9-20(10-12-21)27(22,23)16-7-5-15(26-4)6-8-16/h5-8H,9-12H2,1-4H3. The van der Waals surface area contributed by atoms with Crippen molar-refractivity contribution < 1.29 is 21.6 Å². The van der Waals surface area contributed by atoms with Gasteiger partial charge in [0.25, 0.3) is 0 Å². The van der Waals surface area contributed by atoms with Gasteiger partial charge in [0.1, 0.15) is 10.6 Å². The summed E-state index contributed by atoms with van der Waals surface area (Å²) in [6.07, 6.45) is 0. The van der Waals surface area contributed by atoms with Gasteiger partial charge in [0, 0.05) is 33.2 Å². The molecule has 154 valence electrons. The zero-order chi connectivity index (χ0) is 20.7. The van der Waals surface area contributed by atoms with Crippen molar-refractivity contribution in [3.63, 3.8) is 0 Å². The number of hydrogen-bond acceptors (Lipinski definition) is 6. The van der Waals surface area contributed by atoms with Gasteiger partial charge >= 0.3 is 0 Å². The van der Waals surface area contributed by atoms with E-state index in [-0.39, 0.29) is 36.0 Å². The van der Waals surface area contributed by atoms with E-state index < -0.39 is 20.0 Å². The van der Waals surface area contributed by atoms with Crippen LogP contribution in [0.1, 0.15) is 11.4 Å². The molecule has 1 saturated heterocycles. The summed E-state index contributed by atoms with van der Waals surface area (Å²) < 4.78 is 60.9. The fourth-order valence-corrected chi connectivity index (χ4v) is 6.55. The van der Waals surface area contributed by atoms with Gasteiger partial charge in [0.15, 0.2) is 0 Å². The summed E-state index contributed by atoms with van der Waals surface area (Å²) in [6, 6.07) is 6.14. The molecule has 28 heavy (non-hydrogen) atoms. The van der Waals surface area contributed by atoms with Gasteiger partial charge in [0.2, 0.25) is 20.0 Å². The highest BCUT2D eigenvalue weighted by molar-refractivity contribution is 7.89. The van der Waals surface area contributed by atoms with Gasteiger partial charge in [-0.05, 0) is 38.1 Å². The highest BCUT2D eigenvalue weighted by atomic mass is 32.2. The maximum absolute atomic E-state index is 13.0. The minimum Gasteiger partial charge on any atom is -0.497 e. The van der Waals surface area contributed by atoms with Crippen molar-refractivity contribution in [3.8, 4) is 5.75 Å². The van der Waals surface area contributed by atoms with Gasteiger partial charge in [-0.2, -0.15) is 13.7 Å². The topological polar surface area (TPSA) is 102 Å². The summed E-state index contributed by atoms with van der Waals surface area (Å²) >= 11 is 0. The van der Waals surface area contributed by atoms with E-state index >= 15 is 0 Å². The van der Waals surface area contributed by atoms with Gasteiger partial charge in [-0.3, -0.25) is 4.68 Å². The number of methoxy groups -OCH3 is 1. The lowest BCUT2D eigenvalue weighted by Crippen LogP contribution is -2.50. The number of hydrogen-bond donors (Lipinski definition) is 0. The fraction of sp³-hybridized carbons (Fsp3) is 0.471. The lowest BCUT2D eigenvalue weighted by atomic mass is 10.3. The third kappa shape index (κ3) is 3.54. The van der Waals surface area contributed by atoms with Crippen molar-refractivity contribution in [2.75, 3.05) is 33.3 Å². The van der Waals surface area contributed by atoms with Crippen molar-refractivity contribution in [1.29, 1.82) is 0 Å². The summed E-state index contributed by atoms with van der Waals surface area (Å²) in [4.78, 5) is 0.352. The molecule has 0 radical (unpaired) electrons. The average molecular weight is 429 g/mol. The summed E-state index contributed by atoms with van der Waals surface area (Å²) in [5.74, 6) is 0.567. The Balaban J connectivity index is 1.78. The van der Waals surface area contributed by atoms with Crippen molar-refractivity contribution in [1.82, 2.24) is 18.4 Å². The lowest BCUT2D eigenvalue weighted by molar-refractivity contribution is 0.272. The molecule has 2 aromatic rings. The first-order chi connectivity index (χ1) is 13.1. The Morgan fingerprint density at radius 2 is 1.39 bits per heavy atom.